The summed E-state index contributed by atoms with van der Waals surface area (Å²) in [6.07, 6.45) is 1.99. The van der Waals surface area contributed by atoms with E-state index in [1.807, 2.05) is 24.6 Å². The van der Waals surface area contributed by atoms with Crippen molar-refractivity contribution in [1.29, 1.82) is 0 Å². The molecule has 1 aliphatic carbocycles. The van der Waals surface area contributed by atoms with E-state index in [0.717, 1.165) is 24.2 Å². The van der Waals surface area contributed by atoms with Gasteiger partial charge in [-0.1, -0.05) is 0 Å². The van der Waals surface area contributed by atoms with Crippen molar-refractivity contribution in [3.05, 3.63) is 17.5 Å². The summed E-state index contributed by atoms with van der Waals surface area (Å²) in [5.41, 5.74) is 7.34. The third kappa shape index (κ3) is 2.41. The van der Waals surface area contributed by atoms with Crippen LogP contribution in [-0.4, -0.2) is 27.9 Å². The molecule has 2 rings (SSSR count). The number of ether oxygens (including phenoxy) is 1. The quantitative estimate of drug-likeness (QED) is 0.797. The highest BCUT2D eigenvalue weighted by atomic mass is 16.5. The van der Waals surface area contributed by atoms with Gasteiger partial charge < -0.3 is 10.5 Å². The van der Waals surface area contributed by atoms with Gasteiger partial charge in [0.2, 0.25) is 0 Å². The first kappa shape index (κ1) is 13.1. The SMILES string of the molecule is CCOC(=O)C(N)(Cn1nc(C)cc1C)C1CC1. The maximum absolute atomic E-state index is 12.1. The number of carbonyl (C=O) groups is 1. The van der Waals surface area contributed by atoms with Gasteiger partial charge in [-0.15, -0.1) is 0 Å². The minimum atomic E-state index is -0.931. The van der Waals surface area contributed by atoms with Crippen LogP contribution in [0.4, 0.5) is 0 Å². The van der Waals surface area contributed by atoms with Gasteiger partial charge in [0.25, 0.3) is 0 Å². The lowest BCUT2D eigenvalue weighted by molar-refractivity contribution is -0.151. The van der Waals surface area contributed by atoms with Gasteiger partial charge in [0, 0.05) is 5.69 Å². The van der Waals surface area contributed by atoms with E-state index in [0.29, 0.717) is 13.2 Å². The zero-order chi connectivity index (χ0) is 13.3. The van der Waals surface area contributed by atoms with Crippen molar-refractivity contribution in [3.63, 3.8) is 0 Å². The second-order valence-electron chi connectivity index (χ2n) is 5.12. The Hall–Kier alpha value is -1.36. The first-order valence-electron chi connectivity index (χ1n) is 6.44. The molecule has 1 fully saturated rings. The Labute approximate surface area is 107 Å². The van der Waals surface area contributed by atoms with Gasteiger partial charge in [0.15, 0.2) is 0 Å². The summed E-state index contributed by atoms with van der Waals surface area (Å²) in [6.45, 7) is 6.47. The molecule has 100 valence electrons. The number of rotatable bonds is 5. The van der Waals surface area contributed by atoms with E-state index in [1.54, 1.807) is 6.92 Å². The minimum Gasteiger partial charge on any atom is -0.465 e. The Kier molecular flexibility index (Phi) is 3.43. The number of aromatic nitrogens is 2. The second-order valence-corrected chi connectivity index (χ2v) is 5.12. The van der Waals surface area contributed by atoms with E-state index in [9.17, 15) is 4.79 Å². The van der Waals surface area contributed by atoms with Crippen LogP contribution >= 0.6 is 0 Å². The zero-order valence-electron chi connectivity index (χ0n) is 11.3. The molecule has 1 heterocycles. The van der Waals surface area contributed by atoms with E-state index in [-0.39, 0.29) is 11.9 Å². The summed E-state index contributed by atoms with van der Waals surface area (Å²) in [6, 6.07) is 1.98. The van der Waals surface area contributed by atoms with Crippen LogP contribution in [0, 0.1) is 19.8 Å². The number of hydrogen-bond acceptors (Lipinski definition) is 4. The fourth-order valence-corrected chi connectivity index (χ4v) is 2.31. The summed E-state index contributed by atoms with van der Waals surface area (Å²) in [5.74, 6) is -0.0829. The van der Waals surface area contributed by atoms with E-state index in [1.165, 1.54) is 0 Å². The number of nitrogens with zero attached hydrogens (tertiary/aromatic N) is 2. The van der Waals surface area contributed by atoms with Gasteiger partial charge in [-0.2, -0.15) is 5.10 Å². The van der Waals surface area contributed by atoms with Gasteiger partial charge >= 0.3 is 5.97 Å². The fraction of sp³-hybridized carbons (Fsp3) is 0.692. The van der Waals surface area contributed by atoms with Gasteiger partial charge in [0.05, 0.1) is 18.8 Å². The Bertz CT molecular complexity index is 451. The highest BCUT2D eigenvalue weighted by Gasteiger charge is 2.49. The normalized spacial score (nSPS) is 18.4. The lowest BCUT2D eigenvalue weighted by Gasteiger charge is -2.27. The molecule has 0 amide bonds. The van der Waals surface area contributed by atoms with Crippen molar-refractivity contribution >= 4 is 5.97 Å². The van der Waals surface area contributed by atoms with Crippen LogP contribution in [0.2, 0.25) is 0 Å². The van der Waals surface area contributed by atoms with E-state index >= 15 is 0 Å². The van der Waals surface area contributed by atoms with Crippen molar-refractivity contribution in [3.8, 4) is 0 Å². The molecule has 0 spiro atoms. The molecule has 0 bridgehead atoms. The average Bonchev–Trinajstić information content (AvgIpc) is 3.08. The van der Waals surface area contributed by atoms with Crippen LogP contribution < -0.4 is 5.73 Å². The van der Waals surface area contributed by atoms with Crippen molar-refractivity contribution in [1.82, 2.24) is 9.78 Å². The number of carbonyl (C=O) groups excluding carboxylic acids is 1. The van der Waals surface area contributed by atoms with Crippen LogP contribution in [0.3, 0.4) is 0 Å². The summed E-state index contributed by atoms with van der Waals surface area (Å²) in [4.78, 5) is 12.1. The van der Waals surface area contributed by atoms with Crippen LogP contribution in [-0.2, 0) is 16.1 Å². The molecule has 1 unspecified atom stereocenters. The topological polar surface area (TPSA) is 70.1 Å². The average molecular weight is 251 g/mol. The lowest BCUT2D eigenvalue weighted by atomic mass is 9.94. The molecule has 0 aliphatic heterocycles. The van der Waals surface area contributed by atoms with Crippen molar-refractivity contribution in [2.24, 2.45) is 11.7 Å². The van der Waals surface area contributed by atoms with Crippen molar-refractivity contribution < 1.29 is 9.53 Å². The van der Waals surface area contributed by atoms with Gasteiger partial charge in [-0.05, 0) is 45.6 Å². The predicted molar refractivity (Wildman–Crippen MR) is 68.0 cm³/mol. The van der Waals surface area contributed by atoms with Crippen LogP contribution in [0.25, 0.3) is 0 Å². The molecule has 1 aromatic heterocycles. The third-order valence-electron chi connectivity index (χ3n) is 3.48. The molecular formula is C13H21N3O2. The van der Waals surface area contributed by atoms with Crippen LogP contribution in [0.15, 0.2) is 6.07 Å². The van der Waals surface area contributed by atoms with E-state index in [2.05, 4.69) is 5.10 Å². The van der Waals surface area contributed by atoms with Crippen molar-refractivity contribution in [2.75, 3.05) is 6.61 Å². The van der Waals surface area contributed by atoms with Gasteiger partial charge in [-0.3, -0.25) is 4.68 Å². The molecule has 1 saturated carbocycles. The molecule has 0 radical (unpaired) electrons. The van der Waals surface area contributed by atoms with Gasteiger partial charge in [0.1, 0.15) is 5.54 Å². The molecule has 0 saturated heterocycles. The number of esters is 1. The van der Waals surface area contributed by atoms with E-state index < -0.39 is 5.54 Å². The van der Waals surface area contributed by atoms with Crippen molar-refractivity contribution in [2.45, 2.75) is 45.7 Å². The minimum absolute atomic E-state index is 0.223. The maximum Gasteiger partial charge on any atom is 0.328 e. The zero-order valence-corrected chi connectivity index (χ0v) is 11.3. The summed E-state index contributed by atoms with van der Waals surface area (Å²) >= 11 is 0. The van der Waals surface area contributed by atoms with E-state index in [4.69, 9.17) is 10.5 Å². The van der Waals surface area contributed by atoms with Crippen LogP contribution in [0.5, 0.6) is 0 Å². The third-order valence-corrected chi connectivity index (χ3v) is 3.48. The summed E-state index contributed by atoms with van der Waals surface area (Å²) in [5, 5.41) is 4.38. The Morgan fingerprint density at radius 3 is 2.72 bits per heavy atom. The largest absolute Gasteiger partial charge is 0.465 e. The highest BCUT2D eigenvalue weighted by Crippen LogP contribution is 2.40. The Balaban J connectivity index is 2.20. The highest BCUT2D eigenvalue weighted by molar-refractivity contribution is 5.81. The fourth-order valence-electron chi connectivity index (χ4n) is 2.31. The predicted octanol–water partition coefficient (Wildman–Crippen LogP) is 1.17. The molecule has 5 heteroatoms. The molecular weight excluding hydrogens is 230 g/mol. The summed E-state index contributed by atoms with van der Waals surface area (Å²) < 4.78 is 6.93. The molecule has 1 atom stereocenters. The number of hydrogen-bond donors (Lipinski definition) is 1. The standard InChI is InChI=1S/C13H21N3O2/c1-4-18-12(17)13(14,11-5-6-11)8-16-10(3)7-9(2)15-16/h7,11H,4-6,8,14H2,1-3H3. The first-order chi connectivity index (χ1) is 8.47. The number of aryl methyl sites for hydroxylation is 2. The smallest absolute Gasteiger partial charge is 0.328 e. The number of nitrogens with two attached hydrogens (primary N) is 1. The molecule has 2 N–H and O–H groups in total. The Morgan fingerprint density at radius 2 is 2.28 bits per heavy atom. The monoisotopic (exact) mass is 251 g/mol. The molecule has 18 heavy (non-hydrogen) atoms. The molecule has 1 aromatic rings. The molecule has 1 aliphatic rings. The molecule has 5 nitrogen and oxygen atoms in total. The first-order valence-corrected chi connectivity index (χ1v) is 6.44. The summed E-state index contributed by atoms with van der Waals surface area (Å²) in [7, 11) is 0. The van der Waals surface area contributed by atoms with Gasteiger partial charge in [-0.25, -0.2) is 4.79 Å². The lowest BCUT2D eigenvalue weighted by Crippen LogP contribution is -2.54. The Morgan fingerprint density at radius 1 is 1.61 bits per heavy atom. The maximum atomic E-state index is 12.1. The van der Waals surface area contributed by atoms with Crippen LogP contribution in [0.1, 0.15) is 31.2 Å². The second kappa shape index (κ2) is 4.72. The molecule has 0 aromatic carbocycles.